The molecule has 3 aromatic heterocycles. The van der Waals surface area contributed by atoms with Crippen molar-refractivity contribution in [1.29, 1.82) is 21.0 Å². The van der Waals surface area contributed by atoms with E-state index in [1.165, 1.54) is 0 Å². The molecule has 0 saturated heterocycles. The smallest absolute Gasteiger partial charge is 0.162 e. The molecule has 12 aromatic rings. The Kier molecular flexibility index (Phi) is 11.6. The summed E-state index contributed by atoms with van der Waals surface area (Å²) in [5, 5.41) is 42.2. The molecule has 0 saturated carbocycles. The van der Waals surface area contributed by atoms with Crippen molar-refractivity contribution in [3.8, 4) is 120 Å². The lowest BCUT2D eigenvalue weighted by atomic mass is 9.96. The Morgan fingerprint density at radius 2 is 0.693 bits per heavy atom. The predicted octanol–water partition coefficient (Wildman–Crippen LogP) is 15.2. The lowest BCUT2D eigenvalue weighted by molar-refractivity contribution is 1.13. The lowest BCUT2D eigenvalue weighted by Crippen LogP contribution is -2.03. The number of fused-ring (bicyclic) bond motifs is 3. The van der Waals surface area contributed by atoms with E-state index in [4.69, 9.17) is 19.9 Å². The standard InChI is InChI=1S/C66H37N9/c67-38-42-21-26-53(51(31-42)40-69)48-23-28-55-56-29-24-49(54-27-22-43(39-68)32-52(54)41-70)35-64(56)75(63(55)34-48)62-30-25-50(61-37-58(44-13-5-1-6-14-44)71-65(72-61)47-19-11-4-12-20-47)33-57(62)66-73-59(45-15-7-2-8-16-45)36-60(74-66)46-17-9-3-10-18-46/h1-37H. The second-order valence-electron chi connectivity index (χ2n) is 17.9. The van der Waals surface area contributed by atoms with Crippen LogP contribution in [0, 0.1) is 45.3 Å². The number of nitrogens with zero attached hydrogens (tertiary/aromatic N) is 9. The van der Waals surface area contributed by atoms with Crippen molar-refractivity contribution in [2.75, 3.05) is 0 Å². The molecule has 3 heterocycles. The van der Waals surface area contributed by atoms with Crippen LogP contribution >= 0.6 is 0 Å². The predicted molar refractivity (Wildman–Crippen MR) is 294 cm³/mol. The molecule has 0 aliphatic heterocycles. The van der Waals surface area contributed by atoms with E-state index in [0.717, 1.165) is 83.5 Å². The van der Waals surface area contributed by atoms with Crippen LogP contribution in [0.15, 0.2) is 224 Å². The van der Waals surface area contributed by atoms with Crippen LogP contribution in [0.3, 0.4) is 0 Å². The van der Waals surface area contributed by atoms with E-state index in [1.54, 1.807) is 24.3 Å². The fourth-order valence-corrected chi connectivity index (χ4v) is 9.75. The molecule has 0 fully saturated rings. The average Bonchev–Trinajstić information content (AvgIpc) is 3.85. The summed E-state index contributed by atoms with van der Waals surface area (Å²) in [5.41, 5.74) is 14.9. The van der Waals surface area contributed by atoms with E-state index in [9.17, 15) is 21.0 Å². The van der Waals surface area contributed by atoms with Gasteiger partial charge in [0.1, 0.15) is 0 Å². The second kappa shape index (κ2) is 19.2. The van der Waals surface area contributed by atoms with Gasteiger partial charge >= 0.3 is 0 Å². The Morgan fingerprint density at radius 3 is 1.12 bits per heavy atom. The fraction of sp³-hybridized carbons (Fsp3) is 0. The number of hydrogen-bond donors (Lipinski definition) is 0. The van der Waals surface area contributed by atoms with Crippen LogP contribution < -0.4 is 0 Å². The maximum absolute atomic E-state index is 10.4. The minimum absolute atomic E-state index is 0.377. The molecule has 9 aromatic carbocycles. The Morgan fingerprint density at radius 1 is 0.293 bits per heavy atom. The minimum atomic E-state index is 0.377. The minimum Gasteiger partial charge on any atom is -0.308 e. The van der Waals surface area contributed by atoms with E-state index >= 15 is 0 Å². The molecule has 0 aliphatic carbocycles. The Hall–Kier alpha value is -11.1. The van der Waals surface area contributed by atoms with Gasteiger partial charge in [0, 0.05) is 44.2 Å². The van der Waals surface area contributed by atoms with Gasteiger partial charge in [-0.05, 0) is 82.9 Å². The van der Waals surface area contributed by atoms with E-state index in [0.29, 0.717) is 56.3 Å². The zero-order valence-electron chi connectivity index (χ0n) is 39.9. The van der Waals surface area contributed by atoms with Crippen LogP contribution in [0.2, 0.25) is 0 Å². The van der Waals surface area contributed by atoms with Crippen LogP contribution in [-0.4, -0.2) is 24.5 Å². The maximum atomic E-state index is 10.4. The summed E-state index contributed by atoms with van der Waals surface area (Å²) in [6.07, 6.45) is 0. The zero-order chi connectivity index (χ0) is 50.8. The van der Waals surface area contributed by atoms with Crippen LogP contribution in [-0.2, 0) is 0 Å². The summed E-state index contributed by atoms with van der Waals surface area (Å²) in [4.78, 5) is 21.2. The first kappa shape index (κ1) is 45.1. The third-order valence-electron chi connectivity index (χ3n) is 13.4. The Bertz CT molecular complexity index is 4140. The molecule has 0 amide bonds. The van der Waals surface area contributed by atoms with Crippen molar-refractivity contribution in [3.05, 3.63) is 247 Å². The molecular formula is C66H37N9. The van der Waals surface area contributed by atoms with Gasteiger partial charge < -0.3 is 4.57 Å². The second-order valence-corrected chi connectivity index (χ2v) is 17.9. The summed E-state index contributed by atoms with van der Waals surface area (Å²) < 4.78 is 2.20. The normalized spacial score (nSPS) is 10.9. The molecule has 0 aliphatic rings. The van der Waals surface area contributed by atoms with Gasteiger partial charge in [0.15, 0.2) is 11.6 Å². The highest BCUT2D eigenvalue weighted by Crippen LogP contribution is 2.42. The third kappa shape index (κ3) is 8.48. The van der Waals surface area contributed by atoms with Crippen LogP contribution in [0.5, 0.6) is 0 Å². The number of hydrogen-bond acceptors (Lipinski definition) is 8. The number of benzene rings is 9. The molecule has 0 bridgehead atoms. The van der Waals surface area contributed by atoms with E-state index in [2.05, 4.69) is 71.3 Å². The van der Waals surface area contributed by atoms with Crippen LogP contribution in [0.1, 0.15) is 22.3 Å². The Labute approximate surface area is 432 Å². The maximum Gasteiger partial charge on any atom is 0.162 e. The van der Waals surface area contributed by atoms with E-state index in [1.807, 2.05) is 158 Å². The van der Waals surface area contributed by atoms with Gasteiger partial charge in [0.2, 0.25) is 0 Å². The molecular weight excluding hydrogens is 919 g/mol. The van der Waals surface area contributed by atoms with Crippen molar-refractivity contribution in [2.24, 2.45) is 0 Å². The monoisotopic (exact) mass is 955 g/mol. The lowest BCUT2D eigenvalue weighted by Gasteiger charge is -2.17. The topological polar surface area (TPSA) is 152 Å². The van der Waals surface area contributed by atoms with E-state index < -0.39 is 0 Å². The SMILES string of the molecule is N#Cc1ccc(-c2ccc3c4ccc(-c5ccc(C#N)cc5C#N)cc4n(-c4ccc(-c5cc(-c6ccccc6)nc(-c6ccccc6)n5)cc4-c4nc(-c5ccccc5)cc(-c5ccccc5)n4)c3c2)c(C#N)c1. The highest BCUT2D eigenvalue weighted by molar-refractivity contribution is 6.12. The molecule has 0 N–H and O–H groups in total. The van der Waals surface area contributed by atoms with Gasteiger partial charge in [-0.3, -0.25) is 0 Å². The highest BCUT2D eigenvalue weighted by Gasteiger charge is 2.23. The number of rotatable bonds is 9. The van der Waals surface area contributed by atoms with Crippen molar-refractivity contribution in [3.63, 3.8) is 0 Å². The molecule has 0 radical (unpaired) electrons. The number of nitriles is 4. The van der Waals surface area contributed by atoms with Gasteiger partial charge in [-0.15, -0.1) is 0 Å². The molecule has 0 unspecified atom stereocenters. The average molecular weight is 956 g/mol. The quantitative estimate of drug-likeness (QED) is 0.139. The zero-order valence-corrected chi connectivity index (χ0v) is 39.9. The molecule has 0 spiro atoms. The molecule has 75 heavy (non-hydrogen) atoms. The van der Waals surface area contributed by atoms with Gasteiger partial charge in [-0.1, -0.05) is 164 Å². The summed E-state index contributed by atoms with van der Waals surface area (Å²) in [6.45, 7) is 0. The third-order valence-corrected chi connectivity index (χ3v) is 13.4. The first-order valence-electron chi connectivity index (χ1n) is 24.1. The van der Waals surface area contributed by atoms with Crippen molar-refractivity contribution < 1.29 is 0 Å². The highest BCUT2D eigenvalue weighted by atomic mass is 15.0. The van der Waals surface area contributed by atoms with Gasteiger partial charge in [-0.2, -0.15) is 21.0 Å². The first-order chi connectivity index (χ1) is 37.0. The molecule has 9 nitrogen and oxygen atoms in total. The van der Waals surface area contributed by atoms with Gasteiger partial charge in [0.05, 0.1) is 86.0 Å². The first-order valence-corrected chi connectivity index (χ1v) is 24.1. The van der Waals surface area contributed by atoms with E-state index in [-0.39, 0.29) is 0 Å². The van der Waals surface area contributed by atoms with Gasteiger partial charge in [0.25, 0.3) is 0 Å². The van der Waals surface area contributed by atoms with Gasteiger partial charge in [-0.25, -0.2) is 19.9 Å². The summed E-state index contributed by atoms with van der Waals surface area (Å²) in [5.74, 6) is 1.04. The van der Waals surface area contributed by atoms with Crippen molar-refractivity contribution >= 4 is 21.8 Å². The van der Waals surface area contributed by atoms with Crippen molar-refractivity contribution in [1.82, 2.24) is 24.5 Å². The number of aromatic nitrogens is 5. The summed E-state index contributed by atoms with van der Waals surface area (Å²) in [7, 11) is 0. The van der Waals surface area contributed by atoms with Crippen molar-refractivity contribution in [2.45, 2.75) is 0 Å². The Balaban J connectivity index is 1.19. The molecule has 9 heteroatoms. The molecule has 0 atom stereocenters. The van der Waals surface area contributed by atoms with Crippen LogP contribution in [0.4, 0.5) is 0 Å². The summed E-state index contributed by atoms with van der Waals surface area (Å²) >= 11 is 0. The van der Waals surface area contributed by atoms with Crippen LogP contribution in [0.25, 0.3) is 118 Å². The molecule has 346 valence electrons. The largest absolute Gasteiger partial charge is 0.308 e. The molecule has 12 rings (SSSR count). The summed E-state index contributed by atoms with van der Waals surface area (Å²) in [6, 6.07) is 82.1. The fourth-order valence-electron chi connectivity index (χ4n) is 9.75.